The van der Waals surface area contributed by atoms with Gasteiger partial charge in [-0.25, -0.2) is 8.42 Å². The highest BCUT2D eigenvalue weighted by Gasteiger charge is 2.22. The van der Waals surface area contributed by atoms with Crippen molar-refractivity contribution in [3.05, 3.63) is 29.3 Å². The fourth-order valence-electron chi connectivity index (χ4n) is 1.44. The molecule has 0 bridgehead atoms. The van der Waals surface area contributed by atoms with Crippen LogP contribution in [0.4, 0.5) is 0 Å². The Morgan fingerprint density at radius 3 is 2.38 bits per heavy atom. The van der Waals surface area contributed by atoms with E-state index in [9.17, 15) is 18.0 Å². The lowest BCUT2D eigenvalue weighted by atomic mass is 10.4. The number of amides is 1. The molecule has 0 aliphatic carbocycles. The zero-order valence-electron chi connectivity index (χ0n) is 11.2. The molecular weight excluding hydrogens is 320 g/mol. The molecule has 1 rings (SSSR count). The molecule has 0 aromatic heterocycles. The van der Waals surface area contributed by atoms with Crippen LogP contribution in [-0.2, 0) is 19.6 Å². The van der Waals surface area contributed by atoms with E-state index >= 15 is 0 Å². The Hall–Kier alpha value is -1.64. The maximum absolute atomic E-state index is 12.2. The molecule has 9 heteroatoms. The van der Waals surface area contributed by atoms with Gasteiger partial charge in [-0.3, -0.25) is 9.59 Å². The number of carbonyl (C=O) groups is 2. The van der Waals surface area contributed by atoms with Crippen molar-refractivity contribution in [3.8, 4) is 0 Å². The molecule has 116 valence electrons. The third-order valence-corrected chi connectivity index (χ3v) is 4.62. The average molecular weight is 335 g/mol. The minimum absolute atomic E-state index is 0.0211. The Balaban J connectivity index is 2.65. The normalized spacial score (nSPS) is 11.4. The standard InChI is InChI=1S/C12H15ClN2O5S/c1-15(8-11(16)14-7-6-12(17)18)21(19,20)10-4-2-9(13)3-5-10/h2-5H,6-8H2,1H3,(H,14,16)(H,17,18). The number of carbonyl (C=O) groups excluding carboxylic acids is 1. The van der Waals surface area contributed by atoms with Gasteiger partial charge in [0.05, 0.1) is 17.9 Å². The smallest absolute Gasteiger partial charge is 0.305 e. The molecular formula is C12H15ClN2O5S. The van der Waals surface area contributed by atoms with Crippen molar-refractivity contribution in [3.63, 3.8) is 0 Å². The first-order chi connectivity index (χ1) is 9.73. The summed E-state index contributed by atoms with van der Waals surface area (Å²) in [5.74, 6) is -1.62. The van der Waals surface area contributed by atoms with Crippen LogP contribution in [0, 0.1) is 0 Å². The molecule has 0 saturated carbocycles. The monoisotopic (exact) mass is 334 g/mol. The number of likely N-dealkylation sites (N-methyl/N-ethyl adjacent to an activating group) is 1. The van der Waals surface area contributed by atoms with Gasteiger partial charge in [0.2, 0.25) is 15.9 Å². The van der Waals surface area contributed by atoms with Crippen LogP contribution in [0.5, 0.6) is 0 Å². The second-order valence-corrected chi connectivity index (χ2v) is 6.69. The largest absolute Gasteiger partial charge is 0.481 e. The van der Waals surface area contributed by atoms with E-state index in [1.54, 1.807) is 0 Å². The number of sulfonamides is 1. The number of nitrogens with one attached hydrogen (secondary N) is 1. The molecule has 7 nitrogen and oxygen atoms in total. The van der Waals surface area contributed by atoms with Gasteiger partial charge in [0.15, 0.2) is 0 Å². The first-order valence-corrected chi connectivity index (χ1v) is 7.75. The van der Waals surface area contributed by atoms with Crippen molar-refractivity contribution in [1.29, 1.82) is 0 Å². The Kier molecular flexibility index (Phi) is 6.13. The maximum atomic E-state index is 12.2. The number of aliphatic carboxylic acids is 1. The number of hydrogen-bond donors (Lipinski definition) is 2. The van der Waals surface area contributed by atoms with Crippen LogP contribution >= 0.6 is 11.6 Å². The van der Waals surface area contributed by atoms with Crippen LogP contribution in [0.25, 0.3) is 0 Å². The van der Waals surface area contributed by atoms with Gasteiger partial charge in [0.25, 0.3) is 0 Å². The van der Waals surface area contributed by atoms with E-state index in [1.165, 1.54) is 31.3 Å². The third-order valence-electron chi connectivity index (χ3n) is 2.55. The highest BCUT2D eigenvalue weighted by molar-refractivity contribution is 7.89. The van der Waals surface area contributed by atoms with Gasteiger partial charge in [-0.2, -0.15) is 4.31 Å². The van der Waals surface area contributed by atoms with Crippen molar-refractivity contribution in [1.82, 2.24) is 9.62 Å². The van der Waals surface area contributed by atoms with Crippen LogP contribution in [0.2, 0.25) is 5.02 Å². The predicted octanol–water partition coefficient (Wildman–Crippen LogP) is 0.551. The van der Waals surface area contributed by atoms with Gasteiger partial charge in [0, 0.05) is 18.6 Å². The van der Waals surface area contributed by atoms with E-state index < -0.39 is 28.4 Å². The van der Waals surface area contributed by atoms with Gasteiger partial charge in [-0.05, 0) is 24.3 Å². The Morgan fingerprint density at radius 1 is 1.29 bits per heavy atom. The Morgan fingerprint density at radius 2 is 1.86 bits per heavy atom. The molecule has 0 spiro atoms. The molecule has 2 N–H and O–H groups in total. The lowest BCUT2D eigenvalue weighted by Crippen LogP contribution is -2.39. The summed E-state index contributed by atoms with van der Waals surface area (Å²) in [6.45, 7) is -0.451. The van der Waals surface area contributed by atoms with Crippen molar-refractivity contribution < 1.29 is 23.1 Å². The highest BCUT2D eigenvalue weighted by Crippen LogP contribution is 2.17. The topological polar surface area (TPSA) is 104 Å². The van der Waals surface area contributed by atoms with Crippen LogP contribution in [0.3, 0.4) is 0 Å². The van der Waals surface area contributed by atoms with Gasteiger partial charge in [-0.1, -0.05) is 11.6 Å². The van der Waals surface area contributed by atoms with Gasteiger partial charge >= 0.3 is 5.97 Å². The summed E-state index contributed by atoms with van der Waals surface area (Å²) in [6.07, 6.45) is -0.223. The number of carboxylic acids is 1. The molecule has 0 atom stereocenters. The number of rotatable bonds is 7. The molecule has 1 aromatic rings. The summed E-state index contributed by atoms with van der Waals surface area (Å²) in [4.78, 5) is 21.9. The van der Waals surface area contributed by atoms with Crippen LogP contribution < -0.4 is 5.32 Å². The maximum Gasteiger partial charge on any atom is 0.305 e. The number of carboxylic acid groups (broad SMARTS) is 1. The van der Waals surface area contributed by atoms with Crippen molar-refractivity contribution in [2.45, 2.75) is 11.3 Å². The van der Waals surface area contributed by atoms with Crippen molar-refractivity contribution >= 4 is 33.5 Å². The summed E-state index contributed by atoms with van der Waals surface area (Å²) < 4.78 is 25.2. The second-order valence-electron chi connectivity index (χ2n) is 4.21. The molecule has 0 fully saturated rings. The summed E-state index contributed by atoms with van der Waals surface area (Å²) in [7, 11) is -2.53. The van der Waals surface area contributed by atoms with Crippen LogP contribution in [0.1, 0.15) is 6.42 Å². The van der Waals surface area contributed by atoms with E-state index in [1.807, 2.05) is 0 Å². The van der Waals surface area contributed by atoms with Gasteiger partial charge < -0.3 is 10.4 Å². The molecule has 0 radical (unpaired) electrons. The lowest BCUT2D eigenvalue weighted by Gasteiger charge is -2.16. The second kappa shape index (κ2) is 7.39. The number of halogens is 1. The summed E-state index contributed by atoms with van der Waals surface area (Å²) in [5.41, 5.74) is 0. The quantitative estimate of drug-likeness (QED) is 0.758. The number of nitrogens with zero attached hydrogens (tertiary/aromatic N) is 1. The summed E-state index contributed by atoms with van der Waals surface area (Å²) >= 11 is 5.69. The van der Waals surface area contributed by atoms with Crippen LogP contribution in [0.15, 0.2) is 29.2 Å². The van der Waals surface area contributed by atoms with Gasteiger partial charge in [-0.15, -0.1) is 0 Å². The van der Waals surface area contributed by atoms with Crippen molar-refractivity contribution in [2.75, 3.05) is 20.1 Å². The number of benzene rings is 1. The molecule has 0 unspecified atom stereocenters. The first kappa shape index (κ1) is 17.4. The minimum Gasteiger partial charge on any atom is -0.481 e. The third kappa shape index (κ3) is 5.33. The molecule has 1 aromatic carbocycles. The minimum atomic E-state index is -3.79. The van der Waals surface area contributed by atoms with Crippen LogP contribution in [-0.4, -0.2) is 49.8 Å². The SMILES string of the molecule is CN(CC(=O)NCCC(=O)O)S(=O)(=O)c1ccc(Cl)cc1. The van der Waals surface area contributed by atoms with E-state index in [0.717, 1.165) is 4.31 Å². The van der Waals surface area contributed by atoms with E-state index in [-0.39, 0.29) is 17.9 Å². The highest BCUT2D eigenvalue weighted by atomic mass is 35.5. The molecule has 0 saturated heterocycles. The fraction of sp³-hybridized carbons (Fsp3) is 0.333. The zero-order valence-corrected chi connectivity index (χ0v) is 12.8. The summed E-state index contributed by atoms with van der Waals surface area (Å²) in [6, 6.07) is 5.57. The predicted molar refractivity (Wildman–Crippen MR) is 76.5 cm³/mol. The molecule has 0 aliphatic heterocycles. The number of hydrogen-bond acceptors (Lipinski definition) is 4. The lowest BCUT2D eigenvalue weighted by molar-refractivity contribution is -0.136. The fourth-order valence-corrected chi connectivity index (χ4v) is 2.69. The first-order valence-electron chi connectivity index (χ1n) is 5.94. The van der Waals surface area contributed by atoms with Gasteiger partial charge in [0.1, 0.15) is 0 Å². The molecule has 21 heavy (non-hydrogen) atoms. The Labute approximate surface area is 127 Å². The van der Waals surface area contributed by atoms with E-state index in [2.05, 4.69) is 5.32 Å². The van der Waals surface area contributed by atoms with Crippen molar-refractivity contribution in [2.24, 2.45) is 0 Å². The molecule has 1 amide bonds. The zero-order chi connectivity index (χ0) is 16.0. The molecule has 0 aliphatic rings. The molecule has 0 heterocycles. The van der Waals surface area contributed by atoms with E-state index in [0.29, 0.717) is 5.02 Å². The average Bonchev–Trinajstić information content (AvgIpc) is 2.38. The van der Waals surface area contributed by atoms with E-state index in [4.69, 9.17) is 16.7 Å². The summed E-state index contributed by atoms with van der Waals surface area (Å²) in [5, 5.41) is 11.2. The Bertz CT molecular complexity index is 615.